The summed E-state index contributed by atoms with van der Waals surface area (Å²) in [4.78, 5) is 14.2. The van der Waals surface area contributed by atoms with Crippen LogP contribution in [-0.2, 0) is 11.3 Å². The Morgan fingerprint density at radius 3 is 2.53 bits per heavy atom. The predicted molar refractivity (Wildman–Crippen MR) is 77.7 cm³/mol. The predicted octanol–water partition coefficient (Wildman–Crippen LogP) is 2.98. The van der Waals surface area contributed by atoms with Crippen LogP contribution in [0.3, 0.4) is 0 Å². The fourth-order valence-electron chi connectivity index (χ4n) is 2.02. The molecule has 0 radical (unpaired) electrons. The number of aliphatic hydroxyl groups excluding tert-OH is 1. The van der Waals surface area contributed by atoms with Gasteiger partial charge in [-0.05, 0) is 31.7 Å². The molecule has 0 aliphatic heterocycles. The number of rotatable bonds is 8. The lowest BCUT2D eigenvalue weighted by molar-refractivity contribution is -0.134. The summed E-state index contributed by atoms with van der Waals surface area (Å²) in [7, 11) is 0. The van der Waals surface area contributed by atoms with Crippen LogP contribution in [0.2, 0.25) is 0 Å². The maximum Gasteiger partial charge on any atom is 0.223 e. The van der Waals surface area contributed by atoms with Gasteiger partial charge in [0.1, 0.15) is 0 Å². The summed E-state index contributed by atoms with van der Waals surface area (Å²) in [6.45, 7) is 5.03. The number of nitrogens with zero attached hydrogens (tertiary/aromatic N) is 1. The van der Waals surface area contributed by atoms with Crippen molar-refractivity contribution in [2.24, 2.45) is 0 Å². The Labute approximate surface area is 116 Å². The number of aliphatic hydroxyl groups is 1. The van der Waals surface area contributed by atoms with E-state index in [1.165, 1.54) is 5.56 Å². The molecule has 1 aromatic carbocycles. The maximum absolute atomic E-state index is 12.3. The van der Waals surface area contributed by atoms with Crippen LogP contribution in [0.5, 0.6) is 0 Å². The minimum absolute atomic E-state index is 0.162. The van der Waals surface area contributed by atoms with E-state index < -0.39 is 0 Å². The second kappa shape index (κ2) is 8.70. The first-order chi connectivity index (χ1) is 9.19. The summed E-state index contributed by atoms with van der Waals surface area (Å²) in [6.07, 6.45) is 2.94. The Morgan fingerprint density at radius 2 is 1.95 bits per heavy atom. The smallest absolute Gasteiger partial charge is 0.223 e. The molecule has 0 fully saturated rings. The standard InChI is InChI=1S/C16H25NO2/c1-3-14(2)17(16(19)11-7-8-12-18)13-15-9-5-4-6-10-15/h4-6,9-10,14,18H,3,7-8,11-13H2,1-2H3. The maximum atomic E-state index is 12.3. The van der Waals surface area contributed by atoms with Gasteiger partial charge in [-0.25, -0.2) is 0 Å². The largest absolute Gasteiger partial charge is 0.396 e. The molecular formula is C16H25NO2. The lowest BCUT2D eigenvalue weighted by Crippen LogP contribution is -2.37. The van der Waals surface area contributed by atoms with E-state index in [1.807, 2.05) is 23.1 Å². The average Bonchev–Trinajstić information content (AvgIpc) is 2.45. The molecule has 0 bridgehead atoms. The van der Waals surface area contributed by atoms with Crippen molar-refractivity contribution < 1.29 is 9.90 Å². The van der Waals surface area contributed by atoms with E-state index in [0.717, 1.165) is 12.8 Å². The van der Waals surface area contributed by atoms with Gasteiger partial charge >= 0.3 is 0 Å². The number of hydrogen-bond acceptors (Lipinski definition) is 2. The average molecular weight is 263 g/mol. The third-order valence-corrected chi connectivity index (χ3v) is 3.44. The molecule has 3 nitrogen and oxygen atoms in total. The Morgan fingerprint density at radius 1 is 1.26 bits per heavy atom. The highest BCUT2D eigenvalue weighted by molar-refractivity contribution is 5.76. The molecule has 0 aliphatic rings. The van der Waals surface area contributed by atoms with Crippen molar-refractivity contribution in [3.8, 4) is 0 Å². The summed E-state index contributed by atoms with van der Waals surface area (Å²) in [5.74, 6) is 0.187. The zero-order valence-electron chi connectivity index (χ0n) is 12.0. The van der Waals surface area contributed by atoms with Crippen LogP contribution < -0.4 is 0 Å². The summed E-state index contributed by atoms with van der Waals surface area (Å²) >= 11 is 0. The highest BCUT2D eigenvalue weighted by Crippen LogP contribution is 2.13. The Hall–Kier alpha value is -1.35. The molecule has 1 rings (SSSR count). The van der Waals surface area contributed by atoms with Crippen LogP contribution in [0.25, 0.3) is 0 Å². The molecule has 0 aromatic heterocycles. The molecule has 1 aromatic rings. The van der Waals surface area contributed by atoms with E-state index in [0.29, 0.717) is 19.4 Å². The van der Waals surface area contributed by atoms with Gasteiger partial charge in [0.05, 0.1) is 0 Å². The molecule has 1 unspecified atom stereocenters. The van der Waals surface area contributed by atoms with Gasteiger partial charge in [0.2, 0.25) is 5.91 Å². The summed E-state index contributed by atoms with van der Waals surface area (Å²) in [5.41, 5.74) is 1.17. The Balaban J connectivity index is 2.64. The number of carbonyl (C=O) groups excluding carboxylic acids is 1. The minimum atomic E-state index is 0.162. The zero-order valence-corrected chi connectivity index (χ0v) is 12.0. The zero-order chi connectivity index (χ0) is 14.1. The van der Waals surface area contributed by atoms with Gasteiger partial charge in [0.25, 0.3) is 0 Å². The topological polar surface area (TPSA) is 40.5 Å². The van der Waals surface area contributed by atoms with Gasteiger partial charge < -0.3 is 10.0 Å². The molecule has 106 valence electrons. The molecule has 3 heteroatoms. The van der Waals surface area contributed by atoms with Crippen LogP contribution in [-0.4, -0.2) is 28.6 Å². The highest BCUT2D eigenvalue weighted by Gasteiger charge is 2.18. The van der Waals surface area contributed by atoms with Crippen molar-refractivity contribution in [1.82, 2.24) is 4.90 Å². The third kappa shape index (κ3) is 5.43. The molecule has 1 amide bonds. The molecule has 0 spiro atoms. The molecular weight excluding hydrogens is 238 g/mol. The van der Waals surface area contributed by atoms with Crippen molar-refractivity contribution in [2.45, 2.75) is 52.1 Å². The summed E-state index contributed by atoms with van der Waals surface area (Å²) < 4.78 is 0. The van der Waals surface area contributed by atoms with E-state index in [4.69, 9.17) is 5.11 Å². The van der Waals surface area contributed by atoms with Crippen molar-refractivity contribution in [1.29, 1.82) is 0 Å². The second-order valence-corrected chi connectivity index (χ2v) is 4.95. The molecule has 19 heavy (non-hydrogen) atoms. The first-order valence-corrected chi connectivity index (χ1v) is 7.13. The quantitative estimate of drug-likeness (QED) is 0.732. The van der Waals surface area contributed by atoms with Crippen molar-refractivity contribution in [3.05, 3.63) is 35.9 Å². The molecule has 0 saturated heterocycles. The van der Waals surface area contributed by atoms with Crippen LogP contribution in [0, 0.1) is 0 Å². The van der Waals surface area contributed by atoms with Crippen LogP contribution in [0.1, 0.15) is 45.1 Å². The lowest BCUT2D eigenvalue weighted by Gasteiger charge is -2.29. The van der Waals surface area contributed by atoms with E-state index in [-0.39, 0.29) is 18.6 Å². The normalized spacial score (nSPS) is 12.2. The number of benzene rings is 1. The summed E-state index contributed by atoms with van der Waals surface area (Å²) in [6, 6.07) is 10.3. The lowest BCUT2D eigenvalue weighted by atomic mass is 10.1. The van der Waals surface area contributed by atoms with E-state index >= 15 is 0 Å². The summed E-state index contributed by atoms with van der Waals surface area (Å²) in [5, 5.41) is 8.78. The van der Waals surface area contributed by atoms with Gasteiger partial charge in [-0.3, -0.25) is 4.79 Å². The first-order valence-electron chi connectivity index (χ1n) is 7.13. The number of amides is 1. The molecule has 1 atom stereocenters. The SMILES string of the molecule is CCC(C)N(Cc1ccccc1)C(=O)CCCCO. The molecule has 0 aliphatic carbocycles. The fraction of sp³-hybridized carbons (Fsp3) is 0.562. The molecule has 0 heterocycles. The number of hydrogen-bond donors (Lipinski definition) is 1. The Bertz CT molecular complexity index is 364. The van der Waals surface area contributed by atoms with Gasteiger partial charge in [0, 0.05) is 25.6 Å². The van der Waals surface area contributed by atoms with Gasteiger partial charge in [-0.15, -0.1) is 0 Å². The first kappa shape index (κ1) is 15.7. The van der Waals surface area contributed by atoms with Crippen molar-refractivity contribution >= 4 is 5.91 Å². The number of unbranched alkanes of at least 4 members (excludes halogenated alkanes) is 1. The van der Waals surface area contributed by atoms with Crippen LogP contribution >= 0.6 is 0 Å². The third-order valence-electron chi connectivity index (χ3n) is 3.44. The van der Waals surface area contributed by atoms with Gasteiger partial charge in [-0.1, -0.05) is 37.3 Å². The van der Waals surface area contributed by atoms with Crippen LogP contribution in [0.15, 0.2) is 30.3 Å². The van der Waals surface area contributed by atoms with Gasteiger partial charge in [0.15, 0.2) is 0 Å². The van der Waals surface area contributed by atoms with Crippen molar-refractivity contribution in [3.63, 3.8) is 0 Å². The van der Waals surface area contributed by atoms with E-state index in [2.05, 4.69) is 26.0 Å². The second-order valence-electron chi connectivity index (χ2n) is 4.95. The molecule has 0 saturated carbocycles. The highest BCUT2D eigenvalue weighted by atomic mass is 16.3. The fourth-order valence-corrected chi connectivity index (χ4v) is 2.02. The minimum Gasteiger partial charge on any atom is -0.396 e. The van der Waals surface area contributed by atoms with Gasteiger partial charge in [-0.2, -0.15) is 0 Å². The molecule has 1 N–H and O–H groups in total. The van der Waals surface area contributed by atoms with Crippen LogP contribution in [0.4, 0.5) is 0 Å². The van der Waals surface area contributed by atoms with E-state index in [9.17, 15) is 4.79 Å². The Kier molecular flexibility index (Phi) is 7.19. The monoisotopic (exact) mass is 263 g/mol. The van der Waals surface area contributed by atoms with Crippen molar-refractivity contribution in [2.75, 3.05) is 6.61 Å². The number of carbonyl (C=O) groups is 1. The van der Waals surface area contributed by atoms with E-state index in [1.54, 1.807) is 0 Å².